The molecular weight excluding hydrogens is 190 g/mol. The van der Waals surface area contributed by atoms with Crippen LogP contribution in [0.25, 0.3) is 0 Å². The largest absolute Gasteiger partial charge is 0.504 e. The fraction of sp³-hybridized carbons (Fsp3) is 0.167. The highest BCUT2D eigenvalue weighted by Crippen LogP contribution is 2.30. The molecule has 0 aromatic carbocycles. The third-order valence-corrected chi connectivity index (χ3v) is 1.55. The Kier molecular flexibility index (Phi) is 2.32. The summed E-state index contributed by atoms with van der Waals surface area (Å²) >= 11 is 5.31. The van der Waals surface area contributed by atoms with Gasteiger partial charge in [-0.3, -0.25) is 0 Å². The molecule has 1 rings (SSSR count). The molecule has 0 radical (unpaired) electrons. The van der Waals surface area contributed by atoms with Crippen molar-refractivity contribution in [1.29, 1.82) is 0 Å². The van der Waals surface area contributed by atoms with Crippen LogP contribution in [-0.4, -0.2) is 10.1 Å². The van der Waals surface area contributed by atoms with Crippen LogP contribution in [0.15, 0.2) is 6.07 Å². The van der Waals surface area contributed by atoms with Crippen molar-refractivity contribution in [1.82, 2.24) is 4.98 Å². The SMILES string of the molecule is Nc1nc(Cl)c(C(F)F)cc1O. The predicted molar refractivity (Wildman–Crippen MR) is 40.3 cm³/mol. The summed E-state index contributed by atoms with van der Waals surface area (Å²) in [6.45, 7) is 0. The summed E-state index contributed by atoms with van der Waals surface area (Å²) in [6.07, 6.45) is -2.77. The molecule has 0 amide bonds. The molecule has 66 valence electrons. The smallest absolute Gasteiger partial charge is 0.266 e. The van der Waals surface area contributed by atoms with Crippen LogP contribution >= 0.6 is 11.6 Å². The van der Waals surface area contributed by atoms with Crippen LogP contribution in [0.3, 0.4) is 0 Å². The van der Waals surface area contributed by atoms with E-state index in [1.54, 1.807) is 0 Å². The Morgan fingerprint density at radius 2 is 2.17 bits per heavy atom. The van der Waals surface area contributed by atoms with Gasteiger partial charge in [-0.2, -0.15) is 0 Å². The average Bonchev–Trinajstić information content (AvgIpc) is 1.96. The lowest BCUT2D eigenvalue weighted by atomic mass is 10.3. The summed E-state index contributed by atoms with van der Waals surface area (Å²) < 4.78 is 24.1. The van der Waals surface area contributed by atoms with Gasteiger partial charge >= 0.3 is 0 Å². The number of hydrogen-bond acceptors (Lipinski definition) is 3. The monoisotopic (exact) mass is 194 g/mol. The normalized spacial score (nSPS) is 10.7. The molecule has 0 aliphatic carbocycles. The minimum absolute atomic E-state index is 0.260. The number of aromatic nitrogens is 1. The molecule has 3 nitrogen and oxygen atoms in total. The van der Waals surface area contributed by atoms with Crippen molar-refractivity contribution in [3.63, 3.8) is 0 Å². The fourth-order valence-corrected chi connectivity index (χ4v) is 0.889. The minimum atomic E-state index is -2.77. The van der Waals surface area contributed by atoms with Crippen molar-refractivity contribution in [2.24, 2.45) is 0 Å². The number of nitrogens with zero attached hydrogens (tertiary/aromatic N) is 1. The van der Waals surface area contributed by atoms with E-state index in [0.29, 0.717) is 0 Å². The zero-order chi connectivity index (χ0) is 9.30. The van der Waals surface area contributed by atoms with Crippen molar-refractivity contribution in [2.45, 2.75) is 6.43 Å². The molecule has 0 spiro atoms. The molecule has 0 unspecified atom stereocenters. The standard InChI is InChI=1S/C6H5ClF2N2O/c7-4-2(5(8)9)1-3(12)6(10)11-4/h1,5,12H,(H2,10,11). The molecule has 1 heterocycles. The number of pyridine rings is 1. The maximum atomic E-state index is 12.1. The first kappa shape index (κ1) is 8.99. The quantitative estimate of drug-likeness (QED) is 0.672. The van der Waals surface area contributed by atoms with Gasteiger partial charge in [-0.25, -0.2) is 13.8 Å². The van der Waals surface area contributed by atoms with Crippen LogP contribution in [0.5, 0.6) is 5.75 Å². The third-order valence-electron chi connectivity index (χ3n) is 1.25. The van der Waals surface area contributed by atoms with Gasteiger partial charge in [-0.1, -0.05) is 11.6 Å². The highest BCUT2D eigenvalue weighted by molar-refractivity contribution is 6.30. The molecule has 1 aromatic rings. The molecule has 6 heteroatoms. The highest BCUT2D eigenvalue weighted by Gasteiger charge is 2.15. The van der Waals surface area contributed by atoms with Gasteiger partial charge in [0.05, 0.1) is 5.56 Å². The van der Waals surface area contributed by atoms with E-state index in [4.69, 9.17) is 22.4 Å². The summed E-state index contributed by atoms with van der Waals surface area (Å²) in [4.78, 5) is 3.31. The minimum Gasteiger partial charge on any atom is -0.504 e. The van der Waals surface area contributed by atoms with E-state index in [9.17, 15) is 8.78 Å². The maximum Gasteiger partial charge on any atom is 0.266 e. The van der Waals surface area contributed by atoms with Crippen LogP contribution in [-0.2, 0) is 0 Å². The van der Waals surface area contributed by atoms with E-state index in [1.807, 2.05) is 0 Å². The van der Waals surface area contributed by atoms with Gasteiger partial charge in [0.1, 0.15) is 5.15 Å². The summed E-state index contributed by atoms with van der Waals surface area (Å²) in [5.41, 5.74) is 4.57. The lowest BCUT2D eigenvalue weighted by Gasteiger charge is -2.04. The first-order valence-electron chi connectivity index (χ1n) is 2.95. The molecule has 0 atom stereocenters. The van der Waals surface area contributed by atoms with Gasteiger partial charge in [-0.15, -0.1) is 0 Å². The predicted octanol–water partition coefficient (Wildman–Crippen LogP) is 1.96. The number of aromatic hydroxyl groups is 1. The number of rotatable bonds is 1. The van der Waals surface area contributed by atoms with Gasteiger partial charge in [0.15, 0.2) is 11.6 Å². The van der Waals surface area contributed by atoms with Crippen LogP contribution in [0.4, 0.5) is 14.6 Å². The number of anilines is 1. The lowest BCUT2D eigenvalue weighted by Crippen LogP contribution is -1.95. The van der Waals surface area contributed by atoms with Gasteiger partial charge in [0.2, 0.25) is 0 Å². The van der Waals surface area contributed by atoms with Gasteiger partial charge < -0.3 is 10.8 Å². The molecule has 0 aliphatic heterocycles. The molecule has 0 saturated carbocycles. The Hall–Kier alpha value is -1.10. The molecule has 0 fully saturated rings. The summed E-state index contributed by atoms with van der Waals surface area (Å²) in [6, 6.07) is 0.801. The topological polar surface area (TPSA) is 59.1 Å². The molecule has 0 aliphatic rings. The summed E-state index contributed by atoms with van der Waals surface area (Å²) in [5.74, 6) is -0.751. The van der Waals surface area contributed by atoms with Crippen molar-refractivity contribution in [3.05, 3.63) is 16.8 Å². The van der Waals surface area contributed by atoms with Crippen molar-refractivity contribution < 1.29 is 13.9 Å². The van der Waals surface area contributed by atoms with E-state index in [1.165, 1.54) is 0 Å². The van der Waals surface area contributed by atoms with E-state index in [-0.39, 0.29) is 11.0 Å². The lowest BCUT2D eigenvalue weighted by molar-refractivity contribution is 0.150. The summed E-state index contributed by atoms with van der Waals surface area (Å²) in [5, 5.41) is 8.51. The Balaban J connectivity index is 3.23. The molecule has 1 aromatic heterocycles. The number of nitrogen functional groups attached to an aromatic ring is 1. The Morgan fingerprint density at radius 1 is 1.58 bits per heavy atom. The van der Waals surface area contributed by atoms with Crippen molar-refractivity contribution in [3.8, 4) is 5.75 Å². The second-order valence-electron chi connectivity index (χ2n) is 2.07. The van der Waals surface area contributed by atoms with Crippen LogP contribution in [0.2, 0.25) is 5.15 Å². The van der Waals surface area contributed by atoms with Crippen LogP contribution in [0.1, 0.15) is 12.0 Å². The fourth-order valence-electron chi connectivity index (χ4n) is 0.661. The van der Waals surface area contributed by atoms with E-state index in [2.05, 4.69) is 4.98 Å². The number of alkyl halides is 2. The van der Waals surface area contributed by atoms with Crippen molar-refractivity contribution >= 4 is 17.4 Å². The van der Waals surface area contributed by atoms with E-state index >= 15 is 0 Å². The van der Waals surface area contributed by atoms with Crippen LogP contribution < -0.4 is 5.73 Å². The van der Waals surface area contributed by atoms with Crippen molar-refractivity contribution in [2.75, 3.05) is 5.73 Å². The summed E-state index contributed by atoms with van der Waals surface area (Å²) in [7, 11) is 0. The molecule has 3 N–H and O–H groups in total. The molecule has 0 bridgehead atoms. The first-order chi connectivity index (χ1) is 5.52. The zero-order valence-corrected chi connectivity index (χ0v) is 6.52. The van der Waals surface area contributed by atoms with Gasteiger partial charge in [-0.05, 0) is 6.07 Å². The van der Waals surface area contributed by atoms with Gasteiger partial charge in [0.25, 0.3) is 6.43 Å². The highest BCUT2D eigenvalue weighted by atomic mass is 35.5. The Morgan fingerprint density at radius 3 is 2.67 bits per heavy atom. The maximum absolute atomic E-state index is 12.1. The Labute approximate surface area is 71.8 Å². The number of nitrogens with two attached hydrogens (primary N) is 1. The molecular formula is C6H5ClF2N2O. The van der Waals surface area contributed by atoms with Crippen LogP contribution in [0, 0.1) is 0 Å². The number of hydrogen-bond donors (Lipinski definition) is 2. The second-order valence-corrected chi connectivity index (χ2v) is 2.43. The van der Waals surface area contributed by atoms with Gasteiger partial charge in [0, 0.05) is 0 Å². The Bertz CT molecular complexity index is 306. The van der Waals surface area contributed by atoms with E-state index in [0.717, 1.165) is 6.07 Å². The zero-order valence-electron chi connectivity index (χ0n) is 5.76. The second kappa shape index (κ2) is 3.10. The van der Waals surface area contributed by atoms with E-state index < -0.39 is 17.7 Å². The molecule has 0 saturated heterocycles. The number of halogens is 3. The average molecular weight is 195 g/mol. The third kappa shape index (κ3) is 1.55. The first-order valence-corrected chi connectivity index (χ1v) is 3.33. The molecule has 12 heavy (non-hydrogen) atoms.